The Hall–Kier alpha value is -0.0400. The van der Waals surface area contributed by atoms with Crippen LogP contribution in [0.25, 0.3) is 0 Å². The van der Waals surface area contributed by atoms with Gasteiger partial charge in [0.15, 0.2) is 0 Å². The van der Waals surface area contributed by atoms with Crippen LogP contribution in [0.5, 0.6) is 0 Å². The average molecular weight is 128 g/mol. The van der Waals surface area contributed by atoms with Crippen molar-refractivity contribution in [2.75, 3.05) is 6.61 Å². The van der Waals surface area contributed by atoms with E-state index in [-0.39, 0.29) is 0 Å². The molecule has 0 radical (unpaired) electrons. The van der Waals surface area contributed by atoms with Gasteiger partial charge in [-0.3, -0.25) is 0 Å². The standard InChI is InChI=1S/C8H16O/c1-3-8-5-4-7(2)6-9-8/h7-8H,3-6H2,1-2H3/t7-,8+/m0/s1. The van der Waals surface area contributed by atoms with Crippen LogP contribution in [0.2, 0.25) is 0 Å². The molecule has 1 saturated heterocycles. The van der Waals surface area contributed by atoms with Crippen molar-refractivity contribution in [1.29, 1.82) is 0 Å². The molecule has 0 spiro atoms. The van der Waals surface area contributed by atoms with Gasteiger partial charge >= 0.3 is 0 Å². The number of ether oxygens (including phenoxy) is 1. The maximum Gasteiger partial charge on any atom is 0.0572 e. The van der Waals surface area contributed by atoms with Crippen molar-refractivity contribution in [1.82, 2.24) is 0 Å². The van der Waals surface area contributed by atoms with Gasteiger partial charge in [0.05, 0.1) is 6.10 Å². The van der Waals surface area contributed by atoms with Crippen molar-refractivity contribution < 1.29 is 4.74 Å². The summed E-state index contributed by atoms with van der Waals surface area (Å²) in [6.45, 7) is 5.44. The summed E-state index contributed by atoms with van der Waals surface area (Å²) in [5.41, 5.74) is 0. The van der Waals surface area contributed by atoms with Crippen molar-refractivity contribution in [3.8, 4) is 0 Å². The lowest BCUT2D eigenvalue weighted by molar-refractivity contribution is -0.0123. The van der Waals surface area contributed by atoms with Gasteiger partial charge in [-0.2, -0.15) is 0 Å². The van der Waals surface area contributed by atoms with Crippen LogP contribution in [0, 0.1) is 5.92 Å². The zero-order valence-corrected chi connectivity index (χ0v) is 6.39. The molecule has 1 heterocycles. The molecule has 1 aliphatic heterocycles. The van der Waals surface area contributed by atoms with Crippen LogP contribution in [-0.4, -0.2) is 12.7 Å². The van der Waals surface area contributed by atoms with E-state index in [4.69, 9.17) is 4.74 Å². The molecule has 1 fully saturated rings. The van der Waals surface area contributed by atoms with E-state index in [0.717, 1.165) is 12.5 Å². The van der Waals surface area contributed by atoms with E-state index in [1.165, 1.54) is 19.3 Å². The monoisotopic (exact) mass is 128 g/mol. The van der Waals surface area contributed by atoms with Gasteiger partial charge in [-0.1, -0.05) is 13.8 Å². The van der Waals surface area contributed by atoms with Gasteiger partial charge in [-0.05, 0) is 25.2 Å². The van der Waals surface area contributed by atoms with Gasteiger partial charge in [-0.15, -0.1) is 0 Å². The summed E-state index contributed by atoms with van der Waals surface area (Å²) >= 11 is 0. The van der Waals surface area contributed by atoms with E-state index in [0.29, 0.717) is 6.10 Å². The smallest absolute Gasteiger partial charge is 0.0572 e. The molecule has 0 amide bonds. The lowest BCUT2D eigenvalue weighted by Crippen LogP contribution is -2.23. The lowest BCUT2D eigenvalue weighted by atomic mass is 9.99. The lowest BCUT2D eigenvalue weighted by Gasteiger charge is -2.25. The topological polar surface area (TPSA) is 9.23 Å². The molecule has 0 aromatic rings. The fraction of sp³-hybridized carbons (Fsp3) is 1.00. The van der Waals surface area contributed by atoms with Gasteiger partial charge in [0.2, 0.25) is 0 Å². The van der Waals surface area contributed by atoms with E-state index in [9.17, 15) is 0 Å². The second kappa shape index (κ2) is 3.21. The second-order valence-electron chi connectivity index (χ2n) is 3.05. The summed E-state index contributed by atoms with van der Waals surface area (Å²) in [7, 11) is 0. The van der Waals surface area contributed by atoms with E-state index in [1.807, 2.05) is 0 Å². The van der Waals surface area contributed by atoms with Gasteiger partial charge < -0.3 is 4.74 Å². The van der Waals surface area contributed by atoms with Crippen LogP contribution < -0.4 is 0 Å². The van der Waals surface area contributed by atoms with Crippen LogP contribution in [0.3, 0.4) is 0 Å². The first-order chi connectivity index (χ1) is 4.33. The second-order valence-corrected chi connectivity index (χ2v) is 3.05. The Labute approximate surface area is 57.4 Å². The maximum atomic E-state index is 5.54. The highest BCUT2D eigenvalue weighted by Crippen LogP contribution is 2.19. The number of rotatable bonds is 1. The third-order valence-electron chi connectivity index (χ3n) is 2.05. The predicted octanol–water partition coefficient (Wildman–Crippen LogP) is 2.21. The Morgan fingerprint density at radius 3 is 2.67 bits per heavy atom. The largest absolute Gasteiger partial charge is 0.378 e. The molecule has 1 nitrogen and oxygen atoms in total. The zero-order chi connectivity index (χ0) is 6.69. The molecule has 2 atom stereocenters. The first kappa shape index (κ1) is 7.07. The van der Waals surface area contributed by atoms with Gasteiger partial charge in [0.25, 0.3) is 0 Å². The van der Waals surface area contributed by atoms with E-state index >= 15 is 0 Å². The Balaban J connectivity index is 2.18. The quantitative estimate of drug-likeness (QED) is 0.526. The maximum absolute atomic E-state index is 5.54. The van der Waals surface area contributed by atoms with Crippen LogP contribution in [0.1, 0.15) is 33.1 Å². The molecule has 0 bridgehead atoms. The van der Waals surface area contributed by atoms with Crippen LogP contribution in [0.4, 0.5) is 0 Å². The first-order valence-corrected chi connectivity index (χ1v) is 3.94. The van der Waals surface area contributed by atoms with Crippen LogP contribution in [-0.2, 0) is 4.74 Å². The summed E-state index contributed by atoms with van der Waals surface area (Å²) < 4.78 is 5.54. The van der Waals surface area contributed by atoms with Crippen molar-refractivity contribution >= 4 is 0 Å². The third-order valence-corrected chi connectivity index (χ3v) is 2.05. The molecule has 1 rings (SSSR count). The van der Waals surface area contributed by atoms with Crippen molar-refractivity contribution in [3.05, 3.63) is 0 Å². The fourth-order valence-electron chi connectivity index (χ4n) is 1.26. The average Bonchev–Trinajstić information content (AvgIpc) is 1.90. The molecular weight excluding hydrogens is 112 g/mol. The van der Waals surface area contributed by atoms with Gasteiger partial charge in [0.1, 0.15) is 0 Å². The minimum Gasteiger partial charge on any atom is -0.378 e. The summed E-state index contributed by atoms with van der Waals surface area (Å²) in [5.74, 6) is 0.799. The van der Waals surface area contributed by atoms with Gasteiger partial charge in [0, 0.05) is 6.61 Å². The first-order valence-electron chi connectivity index (χ1n) is 3.94. The van der Waals surface area contributed by atoms with Crippen molar-refractivity contribution in [3.63, 3.8) is 0 Å². The molecule has 0 saturated carbocycles. The highest BCUT2D eigenvalue weighted by molar-refractivity contribution is 4.65. The minimum absolute atomic E-state index is 0.571. The van der Waals surface area contributed by atoms with E-state index in [1.54, 1.807) is 0 Å². The van der Waals surface area contributed by atoms with Crippen LogP contribution in [0.15, 0.2) is 0 Å². The Morgan fingerprint density at radius 1 is 1.44 bits per heavy atom. The normalized spacial score (nSPS) is 36.7. The van der Waals surface area contributed by atoms with Crippen molar-refractivity contribution in [2.45, 2.75) is 39.2 Å². The number of hydrogen-bond donors (Lipinski definition) is 0. The highest BCUT2D eigenvalue weighted by Gasteiger charge is 2.15. The molecule has 54 valence electrons. The molecule has 0 aliphatic carbocycles. The SMILES string of the molecule is CC[C@@H]1CC[C@H](C)CO1. The fourth-order valence-corrected chi connectivity index (χ4v) is 1.26. The Morgan fingerprint density at radius 2 is 2.22 bits per heavy atom. The summed E-state index contributed by atoms with van der Waals surface area (Å²) in [6, 6.07) is 0. The molecule has 9 heavy (non-hydrogen) atoms. The van der Waals surface area contributed by atoms with Crippen molar-refractivity contribution in [2.24, 2.45) is 5.92 Å². The summed E-state index contributed by atoms with van der Waals surface area (Å²) in [4.78, 5) is 0. The Kier molecular flexibility index (Phi) is 2.52. The third kappa shape index (κ3) is 1.98. The van der Waals surface area contributed by atoms with Gasteiger partial charge in [-0.25, -0.2) is 0 Å². The molecular formula is C8H16O. The molecule has 1 aliphatic rings. The highest BCUT2D eigenvalue weighted by atomic mass is 16.5. The molecule has 0 aromatic heterocycles. The van der Waals surface area contributed by atoms with E-state index < -0.39 is 0 Å². The zero-order valence-electron chi connectivity index (χ0n) is 6.39. The molecule has 0 N–H and O–H groups in total. The molecule has 0 aromatic carbocycles. The predicted molar refractivity (Wildman–Crippen MR) is 38.4 cm³/mol. The number of hydrogen-bond acceptors (Lipinski definition) is 1. The molecule has 0 unspecified atom stereocenters. The van der Waals surface area contributed by atoms with E-state index in [2.05, 4.69) is 13.8 Å². The van der Waals surface area contributed by atoms with Crippen LogP contribution >= 0.6 is 0 Å². The summed E-state index contributed by atoms with van der Waals surface area (Å²) in [5, 5.41) is 0. The Bertz CT molecular complexity index is 72.6. The summed E-state index contributed by atoms with van der Waals surface area (Å²) in [6.07, 6.45) is 4.39. The molecule has 1 heteroatoms. The minimum atomic E-state index is 0.571.